The van der Waals surface area contributed by atoms with E-state index in [1.54, 1.807) is 28.6 Å². The Morgan fingerprint density at radius 2 is 2.04 bits per heavy atom. The van der Waals surface area contributed by atoms with Crippen molar-refractivity contribution in [2.24, 2.45) is 0 Å². The maximum atomic E-state index is 13.1. The maximum absolute atomic E-state index is 13.1. The second-order valence-corrected chi connectivity index (χ2v) is 9.20. The molecular weight excluding hydrogens is 362 g/mol. The first kappa shape index (κ1) is 18.6. The van der Waals surface area contributed by atoms with E-state index in [9.17, 15) is 8.42 Å². The number of benzene rings is 1. The van der Waals surface area contributed by atoms with Gasteiger partial charge in [0.05, 0.1) is 11.1 Å². The van der Waals surface area contributed by atoms with Crippen molar-refractivity contribution >= 4 is 10.0 Å². The second-order valence-electron chi connectivity index (χ2n) is 7.31. The van der Waals surface area contributed by atoms with Gasteiger partial charge in [-0.2, -0.15) is 9.40 Å². The number of fused-ring (bicyclic) bond motifs is 2. The molecule has 3 heterocycles. The molecular formula is C19H27N5O2S. The van der Waals surface area contributed by atoms with Crippen LogP contribution >= 0.6 is 0 Å². The standard InChI is InChI=1S/C19H27N5O2S/c1-2-23-13-16(11-21-23)10-20-12-18-15-24(17-8-9-22(18)14-17)27(25,26)19-6-4-3-5-7-19/h3-7,11,13,17-18,20H,2,8-10,12,14-15H2,1H3/t17-,18-/m0/s1. The highest BCUT2D eigenvalue weighted by molar-refractivity contribution is 7.89. The fourth-order valence-corrected chi connectivity index (χ4v) is 5.78. The lowest BCUT2D eigenvalue weighted by Crippen LogP contribution is -2.57. The zero-order valence-electron chi connectivity index (χ0n) is 15.7. The van der Waals surface area contributed by atoms with E-state index in [-0.39, 0.29) is 12.1 Å². The number of sulfonamides is 1. The Hall–Kier alpha value is -1.74. The maximum Gasteiger partial charge on any atom is 0.243 e. The summed E-state index contributed by atoms with van der Waals surface area (Å²) in [6.07, 6.45) is 4.84. The minimum atomic E-state index is -3.44. The minimum absolute atomic E-state index is 0.0919. The molecule has 2 saturated heterocycles. The van der Waals surface area contributed by atoms with Crippen molar-refractivity contribution in [3.05, 3.63) is 48.3 Å². The van der Waals surface area contributed by atoms with Crippen LogP contribution < -0.4 is 5.32 Å². The summed E-state index contributed by atoms with van der Waals surface area (Å²) in [5.41, 5.74) is 1.15. The number of hydrogen-bond donors (Lipinski definition) is 1. The summed E-state index contributed by atoms with van der Waals surface area (Å²) in [4.78, 5) is 2.81. The number of hydrogen-bond acceptors (Lipinski definition) is 5. The molecule has 27 heavy (non-hydrogen) atoms. The topological polar surface area (TPSA) is 70.5 Å². The predicted molar refractivity (Wildman–Crippen MR) is 104 cm³/mol. The van der Waals surface area contributed by atoms with Crippen molar-refractivity contribution in [3.8, 4) is 0 Å². The molecule has 146 valence electrons. The van der Waals surface area contributed by atoms with E-state index in [0.29, 0.717) is 11.4 Å². The van der Waals surface area contributed by atoms with Gasteiger partial charge in [0, 0.05) is 63.1 Å². The quantitative estimate of drug-likeness (QED) is 0.769. The smallest absolute Gasteiger partial charge is 0.243 e. The van der Waals surface area contributed by atoms with Gasteiger partial charge in [0.1, 0.15) is 0 Å². The van der Waals surface area contributed by atoms with Crippen LogP contribution in [0.25, 0.3) is 0 Å². The molecule has 7 nitrogen and oxygen atoms in total. The van der Waals surface area contributed by atoms with Crippen LogP contribution in [0.15, 0.2) is 47.6 Å². The number of piperazine rings is 1. The zero-order chi connectivity index (χ0) is 18.9. The van der Waals surface area contributed by atoms with Gasteiger partial charge in [-0.3, -0.25) is 9.58 Å². The van der Waals surface area contributed by atoms with Crippen molar-refractivity contribution in [2.45, 2.75) is 43.4 Å². The summed E-state index contributed by atoms with van der Waals surface area (Å²) in [5, 5.41) is 7.78. The summed E-state index contributed by atoms with van der Waals surface area (Å²) >= 11 is 0. The highest BCUT2D eigenvalue weighted by Crippen LogP contribution is 2.30. The monoisotopic (exact) mass is 389 g/mol. The van der Waals surface area contributed by atoms with Gasteiger partial charge in [0.2, 0.25) is 10.0 Å². The SMILES string of the molecule is CCn1cc(CNC[C@H]2CN(S(=O)(=O)c3ccccc3)[C@H]3CCN2C3)cn1. The molecule has 2 aliphatic heterocycles. The minimum Gasteiger partial charge on any atom is -0.311 e. The highest BCUT2D eigenvalue weighted by atomic mass is 32.2. The Balaban J connectivity index is 1.42. The van der Waals surface area contributed by atoms with Gasteiger partial charge >= 0.3 is 0 Å². The first-order valence-electron chi connectivity index (χ1n) is 9.61. The van der Waals surface area contributed by atoms with Crippen molar-refractivity contribution in [1.29, 1.82) is 0 Å². The predicted octanol–water partition coefficient (Wildman–Crippen LogP) is 1.14. The van der Waals surface area contributed by atoms with Gasteiger partial charge in [-0.1, -0.05) is 18.2 Å². The number of nitrogens with zero attached hydrogens (tertiary/aromatic N) is 4. The third kappa shape index (κ3) is 3.80. The van der Waals surface area contributed by atoms with Crippen molar-refractivity contribution in [1.82, 2.24) is 24.3 Å². The van der Waals surface area contributed by atoms with Crippen molar-refractivity contribution in [3.63, 3.8) is 0 Å². The molecule has 0 amide bonds. The van der Waals surface area contributed by atoms with Gasteiger partial charge in [-0.05, 0) is 25.5 Å². The summed E-state index contributed by atoms with van der Waals surface area (Å²) < 4.78 is 29.9. The van der Waals surface area contributed by atoms with Crippen LogP contribution in [-0.4, -0.2) is 65.7 Å². The number of rotatable bonds is 7. The molecule has 0 aliphatic carbocycles. The molecule has 2 aromatic rings. The Morgan fingerprint density at radius 1 is 1.22 bits per heavy atom. The van der Waals surface area contributed by atoms with E-state index < -0.39 is 10.0 Å². The lowest BCUT2D eigenvalue weighted by molar-refractivity contribution is 0.141. The molecule has 1 aromatic heterocycles. The fourth-order valence-electron chi connectivity index (χ4n) is 4.08. The average molecular weight is 390 g/mol. The number of aromatic nitrogens is 2. The molecule has 2 fully saturated rings. The molecule has 3 atom stereocenters. The fraction of sp³-hybridized carbons (Fsp3) is 0.526. The molecule has 0 saturated carbocycles. The van der Waals surface area contributed by atoms with Gasteiger partial charge in [0.15, 0.2) is 0 Å². The van der Waals surface area contributed by atoms with Crippen LogP contribution in [0, 0.1) is 0 Å². The first-order valence-corrected chi connectivity index (χ1v) is 11.0. The van der Waals surface area contributed by atoms with E-state index in [4.69, 9.17) is 0 Å². The van der Waals surface area contributed by atoms with Crippen LogP contribution in [0.3, 0.4) is 0 Å². The highest BCUT2D eigenvalue weighted by Gasteiger charge is 2.43. The molecule has 2 aliphatic rings. The molecule has 1 aromatic carbocycles. The van der Waals surface area contributed by atoms with Crippen LogP contribution in [0.2, 0.25) is 0 Å². The largest absolute Gasteiger partial charge is 0.311 e. The number of aryl methyl sites for hydroxylation is 1. The third-order valence-electron chi connectivity index (χ3n) is 5.58. The van der Waals surface area contributed by atoms with Gasteiger partial charge in [0.25, 0.3) is 0 Å². The second kappa shape index (κ2) is 7.71. The lowest BCUT2D eigenvalue weighted by atomic mass is 10.2. The Kier molecular flexibility index (Phi) is 5.32. The summed E-state index contributed by atoms with van der Waals surface area (Å²) in [7, 11) is -3.44. The van der Waals surface area contributed by atoms with E-state index in [2.05, 4.69) is 22.2 Å². The van der Waals surface area contributed by atoms with Crippen LogP contribution in [0.4, 0.5) is 0 Å². The van der Waals surface area contributed by atoms with Gasteiger partial charge in [-0.15, -0.1) is 0 Å². The summed E-state index contributed by atoms with van der Waals surface area (Å²) in [6.45, 7) is 6.78. The van der Waals surface area contributed by atoms with E-state index >= 15 is 0 Å². The Morgan fingerprint density at radius 3 is 2.78 bits per heavy atom. The number of nitrogens with one attached hydrogen (secondary N) is 1. The third-order valence-corrected chi connectivity index (χ3v) is 7.51. The summed E-state index contributed by atoms with van der Waals surface area (Å²) in [5.74, 6) is 0. The van der Waals surface area contributed by atoms with E-state index in [0.717, 1.165) is 44.7 Å². The molecule has 2 bridgehead atoms. The Labute approximate surface area is 161 Å². The van der Waals surface area contributed by atoms with Crippen LogP contribution in [0.5, 0.6) is 0 Å². The first-order chi connectivity index (χ1) is 13.1. The van der Waals surface area contributed by atoms with Gasteiger partial charge < -0.3 is 5.32 Å². The molecule has 1 unspecified atom stereocenters. The van der Waals surface area contributed by atoms with Gasteiger partial charge in [-0.25, -0.2) is 8.42 Å². The van der Waals surface area contributed by atoms with E-state index in [1.165, 1.54) is 0 Å². The molecule has 0 spiro atoms. The van der Waals surface area contributed by atoms with Crippen molar-refractivity contribution < 1.29 is 8.42 Å². The average Bonchev–Trinajstić information content (AvgIpc) is 3.31. The Bertz CT molecular complexity index is 867. The van der Waals surface area contributed by atoms with E-state index in [1.807, 2.05) is 23.1 Å². The molecule has 8 heteroatoms. The lowest BCUT2D eigenvalue weighted by Gasteiger charge is -2.39. The summed E-state index contributed by atoms with van der Waals surface area (Å²) in [6, 6.07) is 9.09. The normalized spacial score (nSPS) is 25.7. The molecule has 0 radical (unpaired) electrons. The van der Waals surface area contributed by atoms with Crippen molar-refractivity contribution in [2.75, 3.05) is 26.2 Å². The molecule has 1 N–H and O–H groups in total. The molecule has 4 rings (SSSR count). The zero-order valence-corrected chi connectivity index (χ0v) is 16.5. The van der Waals surface area contributed by atoms with Crippen LogP contribution in [0.1, 0.15) is 18.9 Å². The van der Waals surface area contributed by atoms with Crippen LogP contribution in [-0.2, 0) is 23.1 Å².